The SMILES string of the molecule is CC[C@H](C)Oc1ccc(/C=C2\SC(=Nc3ccc(N(C)C)cc3)N(C)C2=O)cc1Cl. The fourth-order valence-corrected chi connectivity index (χ4v) is 3.96. The van der Waals surface area contributed by atoms with Crippen LogP contribution in [0.1, 0.15) is 25.8 Å². The first-order valence-corrected chi connectivity index (χ1v) is 11.0. The van der Waals surface area contributed by atoms with E-state index in [4.69, 9.17) is 16.3 Å². The molecule has 7 heteroatoms. The number of carbonyl (C=O) groups excluding carboxylic acids is 1. The third-order valence-electron chi connectivity index (χ3n) is 4.75. The number of ether oxygens (including phenoxy) is 1. The van der Waals surface area contributed by atoms with E-state index in [0.29, 0.717) is 20.8 Å². The van der Waals surface area contributed by atoms with Crippen molar-refractivity contribution in [3.05, 3.63) is 58.0 Å². The highest BCUT2D eigenvalue weighted by Gasteiger charge is 2.30. The maximum absolute atomic E-state index is 12.7. The molecule has 1 heterocycles. The first-order valence-electron chi connectivity index (χ1n) is 9.78. The van der Waals surface area contributed by atoms with Crippen LogP contribution in [0.25, 0.3) is 6.08 Å². The lowest BCUT2D eigenvalue weighted by Gasteiger charge is -2.14. The Labute approximate surface area is 187 Å². The average Bonchev–Trinajstić information content (AvgIpc) is 2.98. The molecule has 1 atom stereocenters. The van der Waals surface area contributed by atoms with Crippen molar-refractivity contribution >= 4 is 51.9 Å². The molecule has 0 aromatic heterocycles. The van der Waals surface area contributed by atoms with Gasteiger partial charge >= 0.3 is 0 Å². The summed E-state index contributed by atoms with van der Waals surface area (Å²) in [5.74, 6) is 0.568. The molecular formula is C23H26ClN3O2S. The number of likely N-dealkylation sites (N-methyl/N-ethyl adjacent to an activating group) is 1. The Kier molecular flexibility index (Phi) is 7.10. The normalized spacial score (nSPS) is 17.7. The molecule has 1 saturated heterocycles. The zero-order valence-electron chi connectivity index (χ0n) is 17.8. The second-order valence-electron chi connectivity index (χ2n) is 7.31. The van der Waals surface area contributed by atoms with E-state index in [9.17, 15) is 4.79 Å². The molecule has 2 aromatic carbocycles. The molecule has 0 spiro atoms. The molecule has 30 heavy (non-hydrogen) atoms. The molecule has 2 aromatic rings. The molecule has 0 saturated carbocycles. The summed E-state index contributed by atoms with van der Waals surface area (Å²) in [6.07, 6.45) is 2.83. The number of aliphatic imine (C=N–C) groups is 1. The Morgan fingerprint density at radius 3 is 2.53 bits per heavy atom. The molecule has 3 rings (SSSR count). The number of hydrogen-bond acceptors (Lipinski definition) is 5. The summed E-state index contributed by atoms with van der Waals surface area (Å²) in [4.78, 5) is 21.5. The minimum absolute atomic E-state index is 0.0836. The number of amidine groups is 1. The Morgan fingerprint density at radius 2 is 1.93 bits per heavy atom. The van der Waals surface area contributed by atoms with Gasteiger partial charge in [-0.15, -0.1) is 0 Å². The van der Waals surface area contributed by atoms with Gasteiger partial charge in [-0.1, -0.05) is 24.6 Å². The smallest absolute Gasteiger partial charge is 0.266 e. The monoisotopic (exact) mass is 443 g/mol. The van der Waals surface area contributed by atoms with Gasteiger partial charge < -0.3 is 9.64 Å². The first-order chi connectivity index (χ1) is 14.3. The molecule has 0 bridgehead atoms. The summed E-state index contributed by atoms with van der Waals surface area (Å²) in [5.41, 5.74) is 2.75. The van der Waals surface area contributed by atoms with Crippen LogP contribution >= 0.6 is 23.4 Å². The highest BCUT2D eigenvalue weighted by molar-refractivity contribution is 8.18. The second kappa shape index (κ2) is 9.58. The minimum Gasteiger partial charge on any atom is -0.489 e. The van der Waals surface area contributed by atoms with E-state index in [0.717, 1.165) is 23.4 Å². The molecule has 0 aliphatic carbocycles. The highest BCUT2D eigenvalue weighted by Crippen LogP contribution is 2.35. The maximum atomic E-state index is 12.7. The Balaban J connectivity index is 1.80. The van der Waals surface area contributed by atoms with Crippen LogP contribution in [0.4, 0.5) is 11.4 Å². The van der Waals surface area contributed by atoms with Crippen molar-refractivity contribution in [1.82, 2.24) is 4.90 Å². The van der Waals surface area contributed by atoms with Gasteiger partial charge in [-0.25, -0.2) is 4.99 Å². The van der Waals surface area contributed by atoms with Crippen molar-refractivity contribution in [3.63, 3.8) is 0 Å². The number of anilines is 1. The van der Waals surface area contributed by atoms with E-state index in [2.05, 4.69) is 11.9 Å². The van der Waals surface area contributed by atoms with Gasteiger partial charge in [-0.2, -0.15) is 0 Å². The van der Waals surface area contributed by atoms with Crippen molar-refractivity contribution in [2.45, 2.75) is 26.4 Å². The molecule has 1 aliphatic rings. The van der Waals surface area contributed by atoms with Crippen molar-refractivity contribution in [2.75, 3.05) is 26.0 Å². The van der Waals surface area contributed by atoms with Crippen molar-refractivity contribution in [3.8, 4) is 5.75 Å². The summed E-state index contributed by atoms with van der Waals surface area (Å²) in [7, 11) is 5.72. The first kappa shape index (κ1) is 22.2. The van der Waals surface area contributed by atoms with Gasteiger partial charge in [0.1, 0.15) is 5.75 Å². The van der Waals surface area contributed by atoms with Gasteiger partial charge in [0.2, 0.25) is 0 Å². The molecule has 1 amide bonds. The summed E-state index contributed by atoms with van der Waals surface area (Å²) in [6, 6.07) is 13.5. The summed E-state index contributed by atoms with van der Waals surface area (Å²) in [6.45, 7) is 4.07. The standard InChI is InChI=1S/C23H26ClN3O2S/c1-6-15(2)29-20-12-7-16(13-19(20)24)14-21-22(28)27(5)23(30-21)25-17-8-10-18(11-9-17)26(3)4/h7-15H,6H2,1-5H3/b21-14-,25-23?/t15-/m0/s1. The lowest BCUT2D eigenvalue weighted by atomic mass is 10.2. The second-order valence-corrected chi connectivity index (χ2v) is 8.72. The number of rotatable bonds is 6. The molecule has 158 valence electrons. The van der Waals surface area contributed by atoms with E-state index >= 15 is 0 Å². The van der Waals surface area contributed by atoms with Crippen LogP contribution in [0.2, 0.25) is 5.02 Å². The molecule has 0 unspecified atom stereocenters. The van der Waals surface area contributed by atoms with E-state index in [1.165, 1.54) is 11.8 Å². The Bertz CT molecular complexity index is 986. The third kappa shape index (κ3) is 5.18. The van der Waals surface area contributed by atoms with Crippen LogP contribution < -0.4 is 9.64 Å². The summed E-state index contributed by atoms with van der Waals surface area (Å²) in [5, 5.41) is 1.18. The molecule has 5 nitrogen and oxygen atoms in total. The quantitative estimate of drug-likeness (QED) is 0.528. The van der Waals surface area contributed by atoms with Crippen LogP contribution in [0, 0.1) is 0 Å². The van der Waals surface area contributed by atoms with Gasteiger partial charge in [-0.05, 0) is 73.1 Å². The predicted molar refractivity (Wildman–Crippen MR) is 128 cm³/mol. The number of hydrogen-bond donors (Lipinski definition) is 0. The molecular weight excluding hydrogens is 418 g/mol. The van der Waals surface area contributed by atoms with Crippen molar-refractivity contribution < 1.29 is 9.53 Å². The number of amides is 1. The van der Waals surface area contributed by atoms with Gasteiger partial charge in [0.15, 0.2) is 5.17 Å². The van der Waals surface area contributed by atoms with Crippen LogP contribution in [-0.2, 0) is 4.79 Å². The Hall–Kier alpha value is -2.44. The fraction of sp³-hybridized carbons (Fsp3) is 0.304. The lowest BCUT2D eigenvalue weighted by Crippen LogP contribution is -2.23. The molecule has 0 radical (unpaired) electrons. The predicted octanol–water partition coefficient (Wildman–Crippen LogP) is 5.82. The number of halogens is 1. The molecule has 0 N–H and O–H groups in total. The topological polar surface area (TPSA) is 45.1 Å². The van der Waals surface area contributed by atoms with E-state index in [1.54, 1.807) is 11.9 Å². The zero-order valence-corrected chi connectivity index (χ0v) is 19.4. The van der Waals surface area contributed by atoms with Gasteiger partial charge in [0.05, 0.1) is 21.7 Å². The van der Waals surface area contributed by atoms with Gasteiger partial charge in [0.25, 0.3) is 5.91 Å². The summed E-state index contributed by atoms with van der Waals surface area (Å²) < 4.78 is 5.81. The fourth-order valence-electron chi connectivity index (χ4n) is 2.74. The number of carbonyl (C=O) groups is 1. The van der Waals surface area contributed by atoms with E-state index in [1.807, 2.05) is 74.5 Å². The van der Waals surface area contributed by atoms with Crippen LogP contribution in [0.15, 0.2) is 52.4 Å². The number of benzene rings is 2. The van der Waals surface area contributed by atoms with Crippen molar-refractivity contribution in [2.24, 2.45) is 4.99 Å². The van der Waals surface area contributed by atoms with Crippen LogP contribution in [-0.4, -0.2) is 43.2 Å². The average molecular weight is 444 g/mol. The van der Waals surface area contributed by atoms with Crippen LogP contribution in [0.5, 0.6) is 5.75 Å². The molecule has 1 aliphatic heterocycles. The minimum atomic E-state index is -0.0836. The van der Waals surface area contributed by atoms with Gasteiger partial charge in [0, 0.05) is 26.8 Å². The molecule has 1 fully saturated rings. The number of thioether (sulfide) groups is 1. The Morgan fingerprint density at radius 1 is 1.23 bits per heavy atom. The zero-order chi connectivity index (χ0) is 21.8. The summed E-state index contributed by atoms with van der Waals surface area (Å²) >= 11 is 7.72. The third-order valence-corrected chi connectivity index (χ3v) is 6.11. The maximum Gasteiger partial charge on any atom is 0.266 e. The number of nitrogens with zero attached hydrogens (tertiary/aromatic N) is 3. The van der Waals surface area contributed by atoms with Crippen LogP contribution in [0.3, 0.4) is 0 Å². The van der Waals surface area contributed by atoms with Crippen molar-refractivity contribution in [1.29, 1.82) is 0 Å². The van der Waals surface area contributed by atoms with E-state index in [-0.39, 0.29) is 12.0 Å². The van der Waals surface area contributed by atoms with E-state index < -0.39 is 0 Å². The highest BCUT2D eigenvalue weighted by atomic mass is 35.5. The van der Waals surface area contributed by atoms with Gasteiger partial charge in [-0.3, -0.25) is 9.69 Å². The largest absolute Gasteiger partial charge is 0.489 e. The lowest BCUT2D eigenvalue weighted by molar-refractivity contribution is -0.121.